The van der Waals surface area contributed by atoms with Crippen molar-refractivity contribution in [2.24, 2.45) is 5.92 Å². The Balaban J connectivity index is 1.51. The van der Waals surface area contributed by atoms with Crippen molar-refractivity contribution < 1.29 is 4.79 Å². The van der Waals surface area contributed by atoms with Gasteiger partial charge in [-0.25, -0.2) is 4.79 Å². The Labute approximate surface area is 148 Å². The number of nitrogens with zero attached hydrogens (tertiary/aromatic N) is 2. The molecule has 0 saturated heterocycles. The number of carbonyl (C=O) groups excluding carboxylic acids is 1. The van der Waals surface area contributed by atoms with E-state index in [1.54, 1.807) is 6.20 Å². The van der Waals surface area contributed by atoms with E-state index in [0.717, 1.165) is 18.1 Å². The predicted molar refractivity (Wildman–Crippen MR) is 100 cm³/mol. The minimum Gasteiger partial charge on any atom is -0.338 e. The molecule has 1 aromatic heterocycles. The lowest BCUT2D eigenvalue weighted by Gasteiger charge is -2.13. The molecule has 0 aliphatic heterocycles. The van der Waals surface area contributed by atoms with Crippen molar-refractivity contribution in [3.8, 4) is 0 Å². The molecule has 0 spiro atoms. The first-order chi connectivity index (χ1) is 11.6. The van der Waals surface area contributed by atoms with Crippen LogP contribution in [0.25, 0.3) is 0 Å². The van der Waals surface area contributed by atoms with Gasteiger partial charge >= 0.3 is 6.03 Å². The maximum atomic E-state index is 11.8. The fourth-order valence-corrected chi connectivity index (χ4v) is 3.05. The van der Waals surface area contributed by atoms with Crippen LogP contribution >= 0.6 is 11.8 Å². The zero-order valence-electron chi connectivity index (χ0n) is 14.4. The molecule has 0 radical (unpaired) electrons. The molecule has 24 heavy (non-hydrogen) atoms. The van der Waals surface area contributed by atoms with Crippen LogP contribution in [0.5, 0.6) is 0 Å². The van der Waals surface area contributed by atoms with Crippen molar-refractivity contribution in [3.63, 3.8) is 0 Å². The van der Waals surface area contributed by atoms with Crippen LogP contribution in [0, 0.1) is 12.8 Å². The molecule has 2 aromatic rings. The largest absolute Gasteiger partial charge is 0.338 e. The van der Waals surface area contributed by atoms with E-state index in [1.165, 1.54) is 11.1 Å². The summed E-state index contributed by atoms with van der Waals surface area (Å²) in [7, 11) is 0. The number of amides is 2. The Hall–Kier alpha value is -1.95. The number of carbonyl (C=O) groups is 1. The van der Waals surface area contributed by atoms with Crippen molar-refractivity contribution >= 4 is 17.8 Å². The molecule has 6 heteroatoms. The number of hydrogen-bond acceptors (Lipinski definition) is 3. The van der Waals surface area contributed by atoms with Crippen LogP contribution in [-0.4, -0.2) is 34.7 Å². The summed E-state index contributed by atoms with van der Waals surface area (Å²) in [5.41, 5.74) is 2.60. The minimum atomic E-state index is -0.0988. The van der Waals surface area contributed by atoms with E-state index in [-0.39, 0.29) is 6.03 Å². The molecule has 1 heterocycles. The van der Waals surface area contributed by atoms with Crippen molar-refractivity contribution in [1.29, 1.82) is 0 Å². The van der Waals surface area contributed by atoms with E-state index >= 15 is 0 Å². The van der Waals surface area contributed by atoms with Gasteiger partial charge in [-0.1, -0.05) is 36.8 Å². The summed E-state index contributed by atoms with van der Waals surface area (Å²) < 4.78 is 1.88. The number of rotatable bonds is 9. The molecule has 130 valence electrons. The van der Waals surface area contributed by atoms with Gasteiger partial charge in [0.25, 0.3) is 0 Å². The van der Waals surface area contributed by atoms with Gasteiger partial charge in [-0.3, -0.25) is 4.68 Å². The van der Waals surface area contributed by atoms with Gasteiger partial charge in [-0.2, -0.15) is 16.9 Å². The van der Waals surface area contributed by atoms with Gasteiger partial charge in [0.05, 0.1) is 0 Å². The number of aromatic nitrogens is 2. The second kappa shape index (κ2) is 10.0. The third-order valence-electron chi connectivity index (χ3n) is 3.59. The molecule has 0 fully saturated rings. The molecule has 5 nitrogen and oxygen atoms in total. The molecule has 1 aromatic carbocycles. The number of nitrogens with one attached hydrogen (secondary N) is 2. The van der Waals surface area contributed by atoms with Crippen molar-refractivity contribution in [2.45, 2.75) is 26.1 Å². The summed E-state index contributed by atoms with van der Waals surface area (Å²) in [6.07, 6.45) is 3.70. The summed E-state index contributed by atoms with van der Waals surface area (Å²) in [6, 6.07) is 10.4. The third-order valence-corrected chi connectivity index (χ3v) is 4.62. The molecule has 1 atom stereocenters. The topological polar surface area (TPSA) is 59.0 Å². The van der Waals surface area contributed by atoms with E-state index < -0.39 is 0 Å². The molecule has 2 rings (SSSR count). The van der Waals surface area contributed by atoms with Crippen molar-refractivity contribution in [1.82, 2.24) is 20.4 Å². The fourth-order valence-electron chi connectivity index (χ4n) is 2.23. The van der Waals surface area contributed by atoms with Crippen LogP contribution in [0.15, 0.2) is 42.7 Å². The lowest BCUT2D eigenvalue weighted by atomic mass is 10.2. The van der Waals surface area contributed by atoms with Crippen LogP contribution in [0.3, 0.4) is 0 Å². The number of benzene rings is 1. The Morgan fingerprint density at radius 2 is 2.08 bits per heavy atom. The molecular weight excluding hydrogens is 320 g/mol. The van der Waals surface area contributed by atoms with Gasteiger partial charge in [0.1, 0.15) is 0 Å². The highest BCUT2D eigenvalue weighted by Crippen LogP contribution is 2.12. The summed E-state index contributed by atoms with van der Waals surface area (Å²) >= 11 is 1.83. The second-order valence-corrected chi connectivity index (χ2v) is 7.11. The molecule has 0 saturated carbocycles. The fraction of sp³-hybridized carbons (Fsp3) is 0.444. The van der Waals surface area contributed by atoms with Gasteiger partial charge in [0.15, 0.2) is 0 Å². The Bertz CT molecular complexity index is 598. The van der Waals surface area contributed by atoms with Crippen LogP contribution in [0.4, 0.5) is 4.79 Å². The monoisotopic (exact) mass is 346 g/mol. The second-order valence-electron chi connectivity index (χ2n) is 6.01. The highest BCUT2D eigenvalue weighted by molar-refractivity contribution is 7.98. The maximum absolute atomic E-state index is 11.8. The lowest BCUT2D eigenvalue weighted by molar-refractivity contribution is 0.239. The minimum absolute atomic E-state index is 0.0988. The Kier molecular flexibility index (Phi) is 7.68. The zero-order chi connectivity index (χ0) is 17.2. The zero-order valence-corrected chi connectivity index (χ0v) is 15.2. The van der Waals surface area contributed by atoms with E-state index in [1.807, 2.05) is 28.7 Å². The number of aryl methyl sites for hydroxylation is 1. The third kappa shape index (κ3) is 7.08. The van der Waals surface area contributed by atoms with Crippen LogP contribution in [0.1, 0.15) is 18.1 Å². The molecule has 2 amide bonds. The summed E-state index contributed by atoms with van der Waals surface area (Å²) in [6.45, 7) is 6.31. The van der Waals surface area contributed by atoms with Gasteiger partial charge in [-0.15, -0.1) is 0 Å². The van der Waals surface area contributed by atoms with Gasteiger partial charge in [0, 0.05) is 43.5 Å². The quantitative estimate of drug-likeness (QED) is 0.686. The SMILES string of the molecule is Cc1ccc(CSCCNC(=O)NCC(C)Cn2cccn2)cc1. The van der Waals surface area contributed by atoms with Crippen LogP contribution in [0.2, 0.25) is 0 Å². The Morgan fingerprint density at radius 1 is 1.29 bits per heavy atom. The first-order valence-electron chi connectivity index (χ1n) is 8.26. The van der Waals surface area contributed by atoms with Crippen LogP contribution in [-0.2, 0) is 12.3 Å². The highest BCUT2D eigenvalue weighted by atomic mass is 32.2. The summed E-state index contributed by atoms with van der Waals surface area (Å²) in [5.74, 6) is 2.22. The first-order valence-corrected chi connectivity index (χ1v) is 9.41. The normalized spacial score (nSPS) is 11.9. The predicted octanol–water partition coefficient (Wildman–Crippen LogP) is 3.06. The standard InChI is InChI=1S/C18H26N4OS/c1-15-4-6-17(7-5-15)14-24-11-9-19-18(23)20-12-16(2)13-22-10-3-8-21-22/h3-8,10,16H,9,11-14H2,1-2H3,(H2,19,20,23). The van der Waals surface area contributed by atoms with Gasteiger partial charge in [-0.05, 0) is 24.5 Å². The van der Waals surface area contributed by atoms with E-state index in [9.17, 15) is 4.79 Å². The van der Waals surface area contributed by atoms with Crippen molar-refractivity contribution in [3.05, 3.63) is 53.9 Å². The van der Waals surface area contributed by atoms with Crippen molar-refractivity contribution in [2.75, 3.05) is 18.8 Å². The van der Waals surface area contributed by atoms with E-state index in [4.69, 9.17) is 0 Å². The lowest BCUT2D eigenvalue weighted by Crippen LogP contribution is -2.39. The maximum Gasteiger partial charge on any atom is 0.314 e. The van der Waals surface area contributed by atoms with E-state index in [0.29, 0.717) is 19.0 Å². The number of hydrogen-bond donors (Lipinski definition) is 2. The molecule has 1 unspecified atom stereocenters. The Morgan fingerprint density at radius 3 is 2.79 bits per heavy atom. The molecular formula is C18H26N4OS. The van der Waals surface area contributed by atoms with E-state index in [2.05, 4.69) is 53.8 Å². The van der Waals surface area contributed by atoms with Gasteiger partial charge in [0.2, 0.25) is 0 Å². The summed E-state index contributed by atoms with van der Waals surface area (Å²) in [5, 5.41) is 9.98. The number of thioether (sulfide) groups is 1. The number of urea groups is 1. The van der Waals surface area contributed by atoms with Crippen LogP contribution < -0.4 is 10.6 Å². The molecule has 0 bridgehead atoms. The molecule has 2 N–H and O–H groups in total. The average Bonchev–Trinajstić information content (AvgIpc) is 3.07. The smallest absolute Gasteiger partial charge is 0.314 e. The molecule has 0 aliphatic carbocycles. The first kappa shape index (κ1) is 18.4. The van der Waals surface area contributed by atoms with Gasteiger partial charge < -0.3 is 10.6 Å². The highest BCUT2D eigenvalue weighted by Gasteiger charge is 2.06. The average molecular weight is 347 g/mol. The summed E-state index contributed by atoms with van der Waals surface area (Å²) in [4.78, 5) is 11.8. The molecule has 0 aliphatic rings.